The first-order valence-electron chi connectivity index (χ1n) is 11.9. The standard InChI is InChI=1S/C25H25ClN6O3S/c1-16-10-25(14-34-16)5-8-31(9-6-25)20-11-28-21(12-27-20)36-19-3-2-18-22(23(19)26)24(33)32(15-29-18)13-17-4-7-30-35-17/h2-4,7,11-12,15-16H,5-6,8-10,13-14H2,1H3/t16-/m0/s1. The molecule has 3 aromatic heterocycles. The molecule has 5 heterocycles. The van der Waals surface area contributed by atoms with Gasteiger partial charge < -0.3 is 14.2 Å². The third kappa shape index (κ3) is 4.49. The first kappa shape index (κ1) is 23.4. The first-order chi connectivity index (χ1) is 17.5. The van der Waals surface area contributed by atoms with Crippen molar-refractivity contribution in [1.82, 2.24) is 24.7 Å². The maximum absolute atomic E-state index is 13.1. The number of halogens is 1. The minimum atomic E-state index is -0.241. The number of nitrogens with zero attached hydrogens (tertiary/aromatic N) is 6. The summed E-state index contributed by atoms with van der Waals surface area (Å²) in [6, 6.07) is 5.36. The molecular weight excluding hydrogens is 500 g/mol. The molecule has 6 rings (SSSR count). The van der Waals surface area contributed by atoms with E-state index in [1.165, 1.54) is 28.9 Å². The molecule has 0 radical (unpaired) electrons. The Balaban J connectivity index is 1.18. The van der Waals surface area contributed by atoms with Gasteiger partial charge in [0.05, 0.1) is 60.1 Å². The Bertz CT molecular complexity index is 1430. The van der Waals surface area contributed by atoms with Gasteiger partial charge in [0.15, 0.2) is 5.76 Å². The minimum Gasteiger partial charge on any atom is -0.378 e. The SMILES string of the molecule is C[C@H]1CC2(CCN(c3cnc(Sc4ccc5ncn(Cc6ccno6)c(=O)c5c4Cl)cn3)CC2)CO1. The highest BCUT2D eigenvalue weighted by atomic mass is 35.5. The summed E-state index contributed by atoms with van der Waals surface area (Å²) >= 11 is 8.07. The van der Waals surface area contributed by atoms with E-state index in [4.69, 9.17) is 20.9 Å². The van der Waals surface area contributed by atoms with E-state index in [0.717, 1.165) is 49.7 Å². The van der Waals surface area contributed by atoms with Crippen LogP contribution in [0, 0.1) is 5.41 Å². The third-order valence-electron chi connectivity index (χ3n) is 7.08. The van der Waals surface area contributed by atoms with Gasteiger partial charge in [-0.3, -0.25) is 9.36 Å². The number of anilines is 1. The molecule has 0 bridgehead atoms. The minimum absolute atomic E-state index is 0.228. The normalized spacial score (nSPS) is 19.4. The van der Waals surface area contributed by atoms with Crippen LogP contribution in [0.3, 0.4) is 0 Å². The van der Waals surface area contributed by atoms with Gasteiger partial charge in [-0.15, -0.1) is 0 Å². The van der Waals surface area contributed by atoms with Crippen molar-refractivity contribution < 1.29 is 9.26 Å². The highest BCUT2D eigenvalue weighted by Gasteiger charge is 2.41. The van der Waals surface area contributed by atoms with E-state index in [9.17, 15) is 4.79 Å². The zero-order valence-electron chi connectivity index (χ0n) is 19.8. The van der Waals surface area contributed by atoms with Gasteiger partial charge in [-0.25, -0.2) is 15.0 Å². The molecular formula is C25H25ClN6O3S. The molecule has 2 fully saturated rings. The molecule has 36 heavy (non-hydrogen) atoms. The molecule has 0 N–H and O–H groups in total. The van der Waals surface area contributed by atoms with Crippen LogP contribution < -0.4 is 10.5 Å². The number of fused-ring (bicyclic) bond motifs is 1. The smallest absolute Gasteiger partial charge is 0.263 e. The maximum atomic E-state index is 13.1. The molecule has 0 aliphatic carbocycles. The van der Waals surface area contributed by atoms with Crippen LogP contribution in [0.15, 0.2) is 62.4 Å². The van der Waals surface area contributed by atoms with Gasteiger partial charge in [0.1, 0.15) is 10.8 Å². The molecule has 1 spiro atoms. The lowest BCUT2D eigenvalue weighted by molar-refractivity contribution is 0.0976. The summed E-state index contributed by atoms with van der Waals surface area (Å²) in [7, 11) is 0. The molecule has 0 amide bonds. The van der Waals surface area contributed by atoms with Crippen molar-refractivity contribution in [3.05, 3.63) is 64.3 Å². The Hall–Kier alpha value is -2.95. The van der Waals surface area contributed by atoms with Crippen molar-refractivity contribution in [3.8, 4) is 0 Å². The maximum Gasteiger partial charge on any atom is 0.263 e. The van der Waals surface area contributed by atoms with Crippen molar-refractivity contribution in [2.24, 2.45) is 5.41 Å². The Morgan fingerprint density at radius 3 is 2.72 bits per heavy atom. The van der Waals surface area contributed by atoms with Crippen molar-refractivity contribution in [2.45, 2.75) is 48.8 Å². The second-order valence-electron chi connectivity index (χ2n) is 9.56. The van der Waals surface area contributed by atoms with Crippen molar-refractivity contribution in [2.75, 3.05) is 24.6 Å². The average Bonchev–Trinajstić information content (AvgIpc) is 3.53. The average molecular weight is 525 g/mol. The summed E-state index contributed by atoms with van der Waals surface area (Å²) < 4.78 is 12.4. The predicted octanol–water partition coefficient (Wildman–Crippen LogP) is 4.42. The van der Waals surface area contributed by atoms with Gasteiger partial charge in [-0.2, -0.15) is 0 Å². The van der Waals surface area contributed by atoms with E-state index in [-0.39, 0.29) is 12.1 Å². The molecule has 2 aliphatic heterocycles. The Morgan fingerprint density at radius 2 is 2.03 bits per heavy atom. The van der Waals surface area contributed by atoms with Crippen LogP contribution in [0.2, 0.25) is 5.02 Å². The van der Waals surface area contributed by atoms with Crippen LogP contribution in [0.5, 0.6) is 0 Å². The van der Waals surface area contributed by atoms with Crippen LogP contribution in [0.1, 0.15) is 31.9 Å². The number of piperidine rings is 1. The van der Waals surface area contributed by atoms with E-state index in [0.29, 0.717) is 38.2 Å². The van der Waals surface area contributed by atoms with E-state index in [2.05, 4.69) is 31.9 Å². The molecule has 2 aliphatic rings. The number of benzene rings is 1. The van der Waals surface area contributed by atoms with Crippen molar-refractivity contribution in [3.63, 3.8) is 0 Å². The number of hydrogen-bond donors (Lipinski definition) is 0. The highest BCUT2D eigenvalue weighted by molar-refractivity contribution is 7.99. The predicted molar refractivity (Wildman–Crippen MR) is 137 cm³/mol. The molecule has 9 nitrogen and oxygen atoms in total. The summed E-state index contributed by atoms with van der Waals surface area (Å²) in [6.45, 7) is 5.18. The lowest BCUT2D eigenvalue weighted by Crippen LogP contribution is -2.41. The fourth-order valence-electron chi connectivity index (χ4n) is 5.11. The summed E-state index contributed by atoms with van der Waals surface area (Å²) in [4.78, 5) is 29.8. The zero-order chi connectivity index (χ0) is 24.7. The lowest BCUT2D eigenvalue weighted by Gasteiger charge is -2.38. The quantitative estimate of drug-likeness (QED) is 0.375. The molecule has 1 atom stereocenters. The second-order valence-corrected chi connectivity index (χ2v) is 11.0. The molecule has 0 saturated carbocycles. The molecule has 0 unspecified atom stereocenters. The Labute approximate surface area is 216 Å². The number of ether oxygens (including phenoxy) is 1. The first-order valence-corrected chi connectivity index (χ1v) is 13.1. The van der Waals surface area contributed by atoms with Crippen LogP contribution in [0.4, 0.5) is 5.82 Å². The lowest BCUT2D eigenvalue weighted by atomic mass is 9.77. The summed E-state index contributed by atoms with van der Waals surface area (Å²) in [6.07, 6.45) is 10.3. The second kappa shape index (κ2) is 9.49. The van der Waals surface area contributed by atoms with E-state index >= 15 is 0 Å². The Morgan fingerprint density at radius 1 is 1.17 bits per heavy atom. The molecule has 1 aromatic carbocycles. The van der Waals surface area contributed by atoms with Gasteiger partial charge in [0, 0.05) is 24.1 Å². The fraction of sp³-hybridized carbons (Fsp3) is 0.400. The van der Waals surface area contributed by atoms with Gasteiger partial charge >= 0.3 is 0 Å². The van der Waals surface area contributed by atoms with Gasteiger partial charge in [-0.1, -0.05) is 28.5 Å². The largest absolute Gasteiger partial charge is 0.378 e. The summed E-state index contributed by atoms with van der Waals surface area (Å²) in [5, 5.41) is 5.10. The number of hydrogen-bond acceptors (Lipinski definition) is 9. The van der Waals surface area contributed by atoms with Gasteiger partial charge in [-0.05, 0) is 43.7 Å². The van der Waals surface area contributed by atoms with E-state index in [1.807, 2.05) is 12.3 Å². The zero-order valence-corrected chi connectivity index (χ0v) is 21.3. The van der Waals surface area contributed by atoms with Crippen molar-refractivity contribution in [1.29, 1.82) is 0 Å². The monoisotopic (exact) mass is 524 g/mol. The highest BCUT2D eigenvalue weighted by Crippen LogP contribution is 2.42. The van der Waals surface area contributed by atoms with Crippen molar-refractivity contribution >= 4 is 40.1 Å². The molecule has 11 heteroatoms. The van der Waals surface area contributed by atoms with Gasteiger partial charge in [0.25, 0.3) is 5.56 Å². The van der Waals surface area contributed by atoms with E-state index < -0.39 is 0 Å². The van der Waals surface area contributed by atoms with Crippen LogP contribution in [-0.4, -0.2) is 50.5 Å². The molecule has 186 valence electrons. The topological polar surface area (TPSA) is 99.2 Å². The summed E-state index contributed by atoms with van der Waals surface area (Å²) in [5.74, 6) is 1.44. The third-order valence-corrected chi connectivity index (χ3v) is 8.57. The van der Waals surface area contributed by atoms with Crippen LogP contribution in [0.25, 0.3) is 10.9 Å². The Kier molecular flexibility index (Phi) is 6.18. The molecule has 2 saturated heterocycles. The summed E-state index contributed by atoms with van der Waals surface area (Å²) in [5.41, 5.74) is 0.624. The number of rotatable bonds is 5. The number of aromatic nitrogens is 5. The van der Waals surface area contributed by atoms with Gasteiger partial charge in [0.2, 0.25) is 0 Å². The fourth-order valence-corrected chi connectivity index (χ4v) is 6.23. The molecule has 4 aromatic rings. The van der Waals surface area contributed by atoms with Crippen LogP contribution >= 0.6 is 23.4 Å². The van der Waals surface area contributed by atoms with Crippen LogP contribution in [-0.2, 0) is 11.3 Å². The van der Waals surface area contributed by atoms with E-state index in [1.54, 1.807) is 18.3 Å².